The van der Waals surface area contributed by atoms with Crippen LogP contribution in [0.15, 0.2) is 22.8 Å². The van der Waals surface area contributed by atoms with Gasteiger partial charge in [0.2, 0.25) is 0 Å². The van der Waals surface area contributed by atoms with Gasteiger partial charge in [-0.1, -0.05) is 6.92 Å². The Kier molecular flexibility index (Phi) is 5.10. The summed E-state index contributed by atoms with van der Waals surface area (Å²) in [6.07, 6.45) is 5.57. The molecule has 0 aliphatic carbocycles. The molecular weight excluding hydrogens is 308 g/mol. The Balaban J connectivity index is 2.08. The minimum Gasteiger partial charge on any atom is -0.312 e. The summed E-state index contributed by atoms with van der Waals surface area (Å²) in [6.45, 7) is 5.61. The maximum atomic E-state index is 4.51. The highest BCUT2D eigenvalue weighted by molar-refractivity contribution is 9.10. The summed E-state index contributed by atoms with van der Waals surface area (Å²) in [7, 11) is 0. The monoisotopic (exact) mass is 328 g/mol. The van der Waals surface area contributed by atoms with Gasteiger partial charge >= 0.3 is 0 Å². The highest BCUT2D eigenvalue weighted by Crippen LogP contribution is 2.41. The average Bonchev–Trinajstić information content (AvgIpc) is 2.80. The van der Waals surface area contributed by atoms with E-state index in [2.05, 4.69) is 64.0 Å². The van der Waals surface area contributed by atoms with Gasteiger partial charge in [-0.05, 0) is 60.1 Å². The maximum Gasteiger partial charge on any atom is 0.0420 e. The van der Waals surface area contributed by atoms with Crippen LogP contribution in [0.2, 0.25) is 0 Å². The summed E-state index contributed by atoms with van der Waals surface area (Å²) in [4.78, 5) is 4.51. The summed E-state index contributed by atoms with van der Waals surface area (Å²) < 4.78 is 1.41. The zero-order valence-electron chi connectivity index (χ0n) is 11.1. The minimum absolute atomic E-state index is 0.366. The van der Waals surface area contributed by atoms with Crippen molar-refractivity contribution in [2.45, 2.75) is 43.9 Å². The van der Waals surface area contributed by atoms with E-state index in [1.54, 1.807) is 0 Å². The van der Waals surface area contributed by atoms with E-state index in [1.807, 2.05) is 6.20 Å². The van der Waals surface area contributed by atoms with Gasteiger partial charge in [-0.15, -0.1) is 0 Å². The van der Waals surface area contributed by atoms with Gasteiger partial charge in [0.25, 0.3) is 0 Å². The number of nitrogens with zero attached hydrogens (tertiary/aromatic N) is 1. The van der Waals surface area contributed by atoms with Crippen molar-refractivity contribution >= 4 is 27.7 Å². The first-order valence-corrected chi connectivity index (χ1v) is 8.39. The van der Waals surface area contributed by atoms with Crippen LogP contribution in [-0.4, -0.2) is 28.1 Å². The van der Waals surface area contributed by atoms with E-state index in [0.717, 1.165) is 17.4 Å². The smallest absolute Gasteiger partial charge is 0.0420 e. The first-order valence-electron chi connectivity index (χ1n) is 6.62. The van der Waals surface area contributed by atoms with Gasteiger partial charge in [0.1, 0.15) is 0 Å². The molecule has 2 rings (SSSR count). The molecule has 100 valence electrons. The average molecular weight is 329 g/mol. The van der Waals surface area contributed by atoms with Crippen molar-refractivity contribution in [3.8, 4) is 0 Å². The molecule has 2 heterocycles. The van der Waals surface area contributed by atoms with Crippen LogP contribution in [-0.2, 0) is 6.42 Å². The Morgan fingerprint density at radius 1 is 1.56 bits per heavy atom. The lowest BCUT2D eigenvalue weighted by atomic mass is 9.92. The van der Waals surface area contributed by atoms with Crippen molar-refractivity contribution < 1.29 is 0 Å². The van der Waals surface area contributed by atoms with Crippen LogP contribution in [0.25, 0.3) is 0 Å². The van der Waals surface area contributed by atoms with Gasteiger partial charge in [-0.25, -0.2) is 0 Å². The lowest BCUT2D eigenvalue weighted by molar-refractivity contribution is 0.403. The molecule has 0 bridgehead atoms. The van der Waals surface area contributed by atoms with E-state index in [1.165, 1.54) is 24.3 Å². The Bertz CT molecular complexity index is 374. The van der Waals surface area contributed by atoms with Crippen molar-refractivity contribution in [3.05, 3.63) is 28.5 Å². The number of likely N-dealkylation sites (N-methyl/N-ethyl adjacent to an activating group) is 1. The van der Waals surface area contributed by atoms with Crippen LogP contribution in [0.3, 0.4) is 0 Å². The number of hydrogen-bond donors (Lipinski definition) is 1. The first kappa shape index (κ1) is 14.4. The number of rotatable bonds is 5. The Labute approximate surface area is 122 Å². The van der Waals surface area contributed by atoms with E-state index < -0.39 is 0 Å². The SMILES string of the molecule is CCNC(Cc1ccc(Br)cn1)C1(C)CCCS1. The predicted octanol–water partition coefficient (Wildman–Crippen LogP) is 3.65. The van der Waals surface area contributed by atoms with Crippen LogP contribution in [0.5, 0.6) is 0 Å². The standard InChI is InChI=1S/C14H21BrN2S/c1-3-16-13(14(2)7-4-8-18-14)9-12-6-5-11(15)10-17-12/h5-6,10,13,16H,3-4,7-9H2,1-2H3. The van der Waals surface area contributed by atoms with Crippen LogP contribution in [0, 0.1) is 0 Å². The lowest BCUT2D eigenvalue weighted by Crippen LogP contribution is -2.46. The lowest BCUT2D eigenvalue weighted by Gasteiger charge is -2.34. The summed E-state index contributed by atoms with van der Waals surface area (Å²) in [5.41, 5.74) is 1.18. The second kappa shape index (κ2) is 6.40. The van der Waals surface area contributed by atoms with E-state index in [9.17, 15) is 0 Å². The molecule has 2 unspecified atom stereocenters. The first-order chi connectivity index (χ1) is 8.64. The third-order valence-electron chi connectivity index (χ3n) is 3.64. The summed E-state index contributed by atoms with van der Waals surface area (Å²) in [6, 6.07) is 4.72. The molecule has 18 heavy (non-hydrogen) atoms. The van der Waals surface area contributed by atoms with Crippen molar-refractivity contribution in [3.63, 3.8) is 0 Å². The van der Waals surface area contributed by atoms with Gasteiger partial charge < -0.3 is 5.32 Å². The topological polar surface area (TPSA) is 24.9 Å². The van der Waals surface area contributed by atoms with E-state index in [0.29, 0.717) is 10.8 Å². The third-order valence-corrected chi connectivity index (χ3v) is 5.75. The molecule has 1 aromatic heterocycles. The number of hydrogen-bond acceptors (Lipinski definition) is 3. The van der Waals surface area contributed by atoms with Gasteiger partial charge in [0.15, 0.2) is 0 Å². The zero-order valence-corrected chi connectivity index (χ0v) is 13.5. The summed E-state index contributed by atoms with van der Waals surface area (Å²) >= 11 is 5.55. The summed E-state index contributed by atoms with van der Waals surface area (Å²) in [5.74, 6) is 1.30. The number of thioether (sulfide) groups is 1. The molecular formula is C14H21BrN2S. The molecule has 0 aromatic carbocycles. The Morgan fingerprint density at radius 2 is 2.39 bits per heavy atom. The molecule has 1 saturated heterocycles. The van der Waals surface area contributed by atoms with E-state index >= 15 is 0 Å². The zero-order chi connectivity index (χ0) is 13.0. The molecule has 1 aliphatic heterocycles. The normalized spacial score (nSPS) is 25.3. The molecule has 1 aromatic rings. The second-order valence-corrected chi connectivity index (χ2v) is 7.59. The quantitative estimate of drug-likeness (QED) is 0.893. The molecule has 2 nitrogen and oxygen atoms in total. The molecule has 0 amide bonds. The fourth-order valence-corrected chi connectivity index (χ4v) is 4.21. The highest BCUT2D eigenvalue weighted by atomic mass is 79.9. The largest absolute Gasteiger partial charge is 0.312 e. The maximum absolute atomic E-state index is 4.51. The Hall–Kier alpha value is -0.0600. The van der Waals surface area contributed by atoms with Crippen molar-refractivity contribution in [2.24, 2.45) is 0 Å². The Morgan fingerprint density at radius 3 is 2.94 bits per heavy atom. The van der Waals surface area contributed by atoms with Gasteiger partial charge in [-0.3, -0.25) is 4.98 Å². The summed E-state index contributed by atoms with van der Waals surface area (Å²) in [5, 5.41) is 3.66. The van der Waals surface area contributed by atoms with Gasteiger partial charge in [-0.2, -0.15) is 11.8 Å². The molecule has 1 aliphatic rings. The number of halogens is 1. The fourth-order valence-electron chi connectivity index (χ4n) is 2.56. The highest BCUT2D eigenvalue weighted by Gasteiger charge is 2.37. The number of aromatic nitrogens is 1. The van der Waals surface area contributed by atoms with Crippen molar-refractivity contribution in [1.29, 1.82) is 0 Å². The minimum atomic E-state index is 0.366. The molecule has 1 N–H and O–H groups in total. The number of nitrogens with one attached hydrogen (secondary N) is 1. The van der Waals surface area contributed by atoms with E-state index in [4.69, 9.17) is 0 Å². The third kappa shape index (κ3) is 3.49. The van der Waals surface area contributed by atoms with Crippen LogP contribution >= 0.6 is 27.7 Å². The molecule has 0 radical (unpaired) electrons. The van der Waals surface area contributed by atoms with Crippen LogP contribution in [0.4, 0.5) is 0 Å². The van der Waals surface area contributed by atoms with Crippen molar-refractivity contribution in [2.75, 3.05) is 12.3 Å². The fraction of sp³-hybridized carbons (Fsp3) is 0.643. The molecule has 1 fully saturated rings. The van der Waals surface area contributed by atoms with Gasteiger partial charge in [0.05, 0.1) is 0 Å². The molecule has 0 saturated carbocycles. The van der Waals surface area contributed by atoms with E-state index in [-0.39, 0.29) is 0 Å². The second-order valence-electron chi connectivity index (χ2n) is 5.05. The molecule has 4 heteroatoms. The van der Waals surface area contributed by atoms with Crippen molar-refractivity contribution in [1.82, 2.24) is 10.3 Å². The number of pyridine rings is 1. The van der Waals surface area contributed by atoms with Crippen LogP contribution < -0.4 is 5.32 Å². The molecule has 2 atom stereocenters. The van der Waals surface area contributed by atoms with Crippen LogP contribution in [0.1, 0.15) is 32.4 Å². The van der Waals surface area contributed by atoms with Gasteiger partial charge in [0, 0.05) is 33.6 Å². The molecule has 0 spiro atoms. The predicted molar refractivity (Wildman–Crippen MR) is 83.2 cm³/mol.